The van der Waals surface area contributed by atoms with Crippen molar-refractivity contribution in [2.24, 2.45) is 5.41 Å². The normalized spacial score (nSPS) is 10.7. The summed E-state index contributed by atoms with van der Waals surface area (Å²) in [5.41, 5.74) is 2.54. The van der Waals surface area contributed by atoms with E-state index in [2.05, 4.69) is 10.6 Å². The lowest BCUT2D eigenvalue weighted by atomic mass is 9.90. The second-order valence-electron chi connectivity index (χ2n) is 6.68. The van der Waals surface area contributed by atoms with Gasteiger partial charge in [-0.3, -0.25) is 9.59 Å². The van der Waals surface area contributed by atoms with E-state index in [4.69, 9.17) is 5.26 Å². The van der Waals surface area contributed by atoms with Crippen molar-refractivity contribution in [1.82, 2.24) is 0 Å². The van der Waals surface area contributed by atoms with Gasteiger partial charge in [-0.1, -0.05) is 25.1 Å². The number of nitrogens with zero attached hydrogens (tertiary/aromatic N) is 1. The first-order valence-corrected chi connectivity index (χ1v) is 8.51. The Morgan fingerprint density at radius 3 is 2.23 bits per heavy atom. The zero-order chi connectivity index (χ0) is 19.3. The quantitative estimate of drug-likeness (QED) is 0.800. The molecule has 0 saturated carbocycles. The second-order valence-corrected chi connectivity index (χ2v) is 6.68. The van der Waals surface area contributed by atoms with E-state index in [0.29, 0.717) is 11.3 Å². The standard InChI is InChI=1S/C21H23N3O2/c1-5-16-8-6-7-14(2)18(16)24-20(26)21(3,4)19(25)23-17-11-9-15(13-22)10-12-17/h6-12H,5H2,1-4H3,(H,23,25)(H,24,26). The van der Waals surface area contributed by atoms with Crippen LogP contribution in [0.5, 0.6) is 0 Å². The third-order valence-electron chi connectivity index (χ3n) is 4.39. The monoisotopic (exact) mass is 349 g/mol. The van der Waals surface area contributed by atoms with Gasteiger partial charge in [-0.05, 0) is 62.6 Å². The third kappa shape index (κ3) is 4.09. The molecule has 0 aromatic heterocycles. The number of carbonyl (C=O) groups is 2. The Morgan fingerprint density at radius 2 is 1.65 bits per heavy atom. The van der Waals surface area contributed by atoms with Crippen molar-refractivity contribution in [1.29, 1.82) is 5.26 Å². The number of nitrogens with one attached hydrogen (secondary N) is 2. The maximum atomic E-state index is 12.8. The van der Waals surface area contributed by atoms with Crippen LogP contribution >= 0.6 is 0 Å². The minimum Gasteiger partial charge on any atom is -0.325 e. The minimum absolute atomic E-state index is 0.368. The molecule has 2 rings (SSSR count). The summed E-state index contributed by atoms with van der Waals surface area (Å²) in [6.07, 6.45) is 0.787. The molecule has 5 heteroatoms. The second kappa shape index (κ2) is 7.83. The summed E-state index contributed by atoms with van der Waals surface area (Å²) in [7, 11) is 0. The molecule has 2 amide bonds. The van der Waals surface area contributed by atoms with E-state index in [1.807, 2.05) is 38.1 Å². The molecular weight excluding hydrogens is 326 g/mol. The number of hydrogen-bond donors (Lipinski definition) is 2. The van der Waals surface area contributed by atoms with Crippen molar-refractivity contribution in [2.45, 2.75) is 34.1 Å². The predicted molar refractivity (Wildman–Crippen MR) is 103 cm³/mol. The fourth-order valence-electron chi connectivity index (χ4n) is 2.49. The van der Waals surface area contributed by atoms with Gasteiger partial charge in [-0.25, -0.2) is 0 Å². The molecule has 0 aliphatic rings. The number of nitriles is 1. The molecule has 0 aliphatic heterocycles. The van der Waals surface area contributed by atoms with Crippen molar-refractivity contribution >= 4 is 23.2 Å². The SMILES string of the molecule is CCc1cccc(C)c1NC(=O)C(C)(C)C(=O)Nc1ccc(C#N)cc1. The highest BCUT2D eigenvalue weighted by Crippen LogP contribution is 2.26. The molecule has 0 aliphatic carbocycles. The van der Waals surface area contributed by atoms with Gasteiger partial charge >= 0.3 is 0 Å². The van der Waals surface area contributed by atoms with Crippen LogP contribution in [0.4, 0.5) is 11.4 Å². The van der Waals surface area contributed by atoms with Crippen LogP contribution in [-0.4, -0.2) is 11.8 Å². The maximum Gasteiger partial charge on any atom is 0.239 e. The summed E-state index contributed by atoms with van der Waals surface area (Å²) in [5, 5.41) is 14.5. The number of para-hydroxylation sites is 1. The molecule has 0 atom stereocenters. The van der Waals surface area contributed by atoms with E-state index in [9.17, 15) is 9.59 Å². The molecular formula is C21H23N3O2. The van der Waals surface area contributed by atoms with Crippen LogP contribution in [-0.2, 0) is 16.0 Å². The smallest absolute Gasteiger partial charge is 0.239 e. The van der Waals surface area contributed by atoms with Crippen LogP contribution in [0.25, 0.3) is 0 Å². The zero-order valence-corrected chi connectivity index (χ0v) is 15.5. The van der Waals surface area contributed by atoms with Gasteiger partial charge in [0.1, 0.15) is 5.41 Å². The Bertz CT molecular complexity index is 862. The van der Waals surface area contributed by atoms with Gasteiger partial charge in [-0.15, -0.1) is 0 Å². The molecule has 2 N–H and O–H groups in total. The highest BCUT2D eigenvalue weighted by molar-refractivity contribution is 6.14. The Labute approximate surface area is 154 Å². The van der Waals surface area contributed by atoms with Gasteiger partial charge in [0, 0.05) is 11.4 Å². The van der Waals surface area contributed by atoms with E-state index >= 15 is 0 Å². The molecule has 0 radical (unpaired) electrons. The predicted octanol–water partition coefficient (Wildman–Crippen LogP) is 4.03. The Balaban J connectivity index is 2.16. The van der Waals surface area contributed by atoms with Crippen molar-refractivity contribution < 1.29 is 9.59 Å². The summed E-state index contributed by atoms with van der Waals surface area (Å²) in [5.74, 6) is -0.779. The van der Waals surface area contributed by atoms with Crippen molar-refractivity contribution in [2.75, 3.05) is 10.6 Å². The Hall–Kier alpha value is -3.13. The number of amides is 2. The number of hydrogen-bond acceptors (Lipinski definition) is 3. The summed E-state index contributed by atoms with van der Waals surface area (Å²) in [6.45, 7) is 7.13. The zero-order valence-electron chi connectivity index (χ0n) is 15.5. The summed E-state index contributed by atoms with van der Waals surface area (Å²) < 4.78 is 0. The van der Waals surface area contributed by atoms with Crippen LogP contribution in [0.3, 0.4) is 0 Å². The molecule has 0 spiro atoms. The highest BCUT2D eigenvalue weighted by atomic mass is 16.2. The van der Waals surface area contributed by atoms with Gasteiger partial charge in [0.15, 0.2) is 0 Å². The van der Waals surface area contributed by atoms with E-state index in [1.165, 1.54) is 0 Å². The fourth-order valence-corrected chi connectivity index (χ4v) is 2.49. The van der Waals surface area contributed by atoms with Crippen molar-refractivity contribution in [3.05, 3.63) is 59.2 Å². The van der Waals surface area contributed by atoms with Gasteiger partial charge in [0.05, 0.1) is 11.6 Å². The van der Waals surface area contributed by atoms with Gasteiger partial charge in [0.2, 0.25) is 11.8 Å². The largest absolute Gasteiger partial charge is 0.325 e. The average molecular weight is 349 g/mol. The van der Waals surface area contributed by atoms with Crippen molar-refractivity contribution in [3.8, 4) is 6.07 Å². The Kier molecular flexibility index (Phi) is 5.78. The van der Waals surface area contributed by atoms with E-state index in [-0.39, 0.29) is 5.91 Å². The molecule has 26 heavy (non-hydrogen) atoms. The lowest BCUT2D eigenvalue weighted by Crippen LogP contribution is -2.41. The van der Waals surface area contributed by atoms with Gasteiger partial charge in [-0.2, -0.15) is 5.26 Å². The maximum absolute atomic E-state index is 12.8. The number of aryl methyl sites for hydroxylation is 2. The fraction of sp³-hybridized carbons (Fsp3) is 0.286. The first kappa shape index (κ1) is 19.2. The lowest BCUT2D eigenvalue weighted by molar-refractivity contribution is -0.135. The average Bonchev–Trinajstić information content (AvgIpc) is 2.63. The lowest BCUT2D eigenvalue weighted by Gasteiger charge is -2.24. The minimum atomic E-state index is -1.26. The van der Waals surface area contributed by atoms with Crippen molar-refractivity contribution in [3.63, 3.8) is 0 Å². The van der Waals surface area contributed by atoms with E-state index < -0.39 is 11.3 Å². The van der Waals surface area contributed by atoms with Gasteiger partial charge < -0.3 is 10.6 Å². The summed E-state index contributed by atoms with van der Waals surface area (Å²) in [6, 6.07) is 14.4. The van der Waals surface area contributed by atoms with Crippen LogP contribution < -0.4 is 10.6 Å². The summed E-state index contributed by atoms with van der Waals surface area (Å²) >= 11 is 0. The first-order chi connectivity index (χ1) is 12.3. The molecule has 0 bridgehead atoms. The van der Waals surface area contributed by atoms with E-state index in [0.717, 1.165) is 23.2 Å². The summed E-state index contributed by atoms with van der Waals surface area (Å²) in [4.78, 5) is 25.4. The molecule has 134 valence electrons. The van der Waals surface area contributed by atoms with Crippen LogP contribution in [0.2, 0.25) is 0 Å². The number of rotatable bonds is 5. The number of anilines is 2. The third-order valence-corrected chi connectivity index (χ3v) is 4.39. The molecule has 0 heterocycles. The topological polar surface area (TPSA) is 82.0 Å². The number of benzene rings is 2. The molecule has 0 fully saturated rings. The number of carbonyl (C=O) groups excluding carboxylic acids is 2. The van der Waals surface area contributed by atoms with Crippen LogP contribution in [0.15, 0.2) is 42.5 Å². The molecule has 0 unspecified atom stereocenters. The Morgan fingerprint density at radius 1 is 1.04 bits per heavy atom. The molecule has 5 nitrogen and oxygen atoms in total. The molecule has 0 saturated heterocycles. The first-order valence-electron chi connectivity index (χ1n) is 8.51. The molecule has 2 aromatic carbocycles. The highest BCUT2D eigenvalue weighted by Gasteiger charge is 2.36. The van der Waals surface area contributed by atoms with E-state index in [1.54, 1.807) is 38.1 Å². The van der Waals surface area contributed by atoms with Crippen LogP contribution in [0.1, 0.15) is 37.5 Å². The van der Waals surface area contributed by atoms with Gasteiger partial charge in [0.25, 0.3) is 0 Å². The van der Waals surface area contributed by atoms with Crippen LogP contribution in [0, 0.1) is 23.7 Å². The molecule has 2 aromatic rings.